The number of hydrogen-bond donors (Lipinski definition) is 2. The Hall–Kier alpha value is -1.75. The summed E-state index contributed by atoms with van der Waals surface area (Å²) in [7, 11) is 0. The van der Waals surface area contributed by atoms with E-state index in [1.165, 1.54) is 17.8 Å². The molecule has 0 heterocycles. The third-order valence-corrected chi connectivity index (χ3v) is 2.84. The zero-order valence-electron chi connectivity index (χ0n) is 9.18. The summed E-state index contributed by atoms with van der Waals surface area (Å²) in [6, 6.07) is 6.32. The number of carbonyl (C=O) groups excluding carboxylic acids is 1. The summed E-state index contributed by atoms with van der Waals surface area (Å²) in [4.78, 5) is 22.4. The van der Waals surface area contributed by atoms with Gasteiger partial charge in [0.05, 0.1) is 17.0 Å². The third kappa shape index (κ3) is 4.32. The second-order valence-corrected chi connectivity index (χ2v) is 4.23. The molecule has 1 aromatic rings. The van der Waals surface area contributed by atoms with Crippen LogP contribution in [-0.2, 0) is 4.79 Å². The van der Waals surface area contributed by atoms with E-state index in [1.54, 1.807) is 24.3 Å². The molecule has 0 aliphatic heterocycles. The highest BCUT2D eigenvalue weighted by Crippen LogP contribution is 2.15. The number of nitrogens with one attached hydrogen (secondary N) is 1. The van der Waals surface area contributed by atoms with Crippen molar-refractivity contribution in [3.63, 3.8) is 0 Å². The quantitative estimate of drug-likeness (QED) is 0.601. The molecule has 5 heteroatoms. The molecule has 0 bridgehead atoms. The van der Waals surface area contributed by atoms with Crippen LogP contribution >= 0.6 is 11.8 Å². The molecule has 0 aliphatic rings. The van der Waals surface area contributed by atoms with Gasteiger partial charge in [0.2, 0.25) is 5.91 Å². The SMILES string of the molecule is C=CCSCC(=O)Nc1ccccc1C(=O)O. The Morgan fingerprint density at radius 1 is 1.41 bits per heavy atom. The molecule has 0 saturated heterocycles. The first-order valence-corrected chi connectivity index (χ1v) is 6.11. The van der Waals surface area contributed by atoms with Crippen LogP contribution in [0.25, 0.3) is 0 Å². The number of anilines is 1. The molecular weight excluding hydrogens is 238 g/mol. The smallest absolute Gasteiger partial charge is 0.337 e. The van der Waals surface area contributed by atoms with Crippen molar-refractivity contribution in [1.82, 2.24) is 0 Å². The minimum atomic E-state index is -1.06. The first-order chi connectivity index (χ1) is 8.15. The number of aromatic carboxylic acids is 1. The van der Waals surface area contributed by atoms with E-state index >= 15 is 0 Å². The molecule has 0 aromatic heterocycles. The lowest BCUT2D eigenvalue weighted by atomic mass is 10.2. The third-order valence-electron chi connectivity index (χ3n) is 1.90. The highest BCUT2D eigenvalue weighted by atomic mass is 32.2. The molecule has 0 saturated carbocycles. The van der Waals surface area contributed by atoms with E-state index in [0.29, 0.717) is 11.4 Å². The molecule has 4 nitrogen and oxygen atoms in total. The van der Waals surface area contributed by atoms with E-state index in [2.05, 4.69) is 11.9 Å². The fourth-order valence-electron chi connectivity index (χ4n) is 1.20. The van der Waals surface area contributed by atoms with Crippen molar-refractivity contribution in [2.24, 2.45) is 0 Å². The highest BCUT2D eigenvalue weighted by Gasteiger charge is 2.11. The summed E-state index contributed by atoms with van der Waals surface area (Å²) in [5.74, 6) is -0.307. The van der Waals surface area contributed by atoms with Gasteiger partial charge >= 0.3 is 5.97 Å². The average molecular weight is 251 g/mol. The van der Waals surface area contributed by atoms with Gasteiger partial charge in [-0.2, -0.15) is 0 Å². The van der Waals surface area contributed by atoms with Crippen molar-refractivity contribution >= 4 is 29.3 Å². The molecule has 0 spiro atoms. The predicted octanol–water partition coefficient (Wildman–Crippen LogP) is 2.24. The highest BCUT2D eigenvalue weighted by molar-refractivity contribution is 8.00. The second-order valence-electron chi connectivity index (χ2n) is 3.20. The van der Waals surface area contributed by atoms with Crippen LogP contribution < -0.4 is 5.32 Å². The molecule has 0 radical (unpaired) electrons. The van der Waals surface area contributed by atoms with E-state index in [4.69, 9.17) is 5.11 Å². The number of amides is 1. The summed E-state index contributed by atoms with van der Waals surface area (Å²) in [5, 5.41) is 11.5. The minimum Gasteiger partial charge on any atom is -0.478 e. The van der Waals surface area contributed by atoms with Crippen LogP contribution in [0.2, 0.25) is 0 Å². The minimum absolute atomic E-state index is 0.0922. The lowest BCUT2D eigenvalue weighted by Gasteiger charge is -2.07. The normalized spacial score (nSPS) is 9.65. The standard InChI is InChI=1S/C12H13NO3S/c1-2-7-17-8-11(14)13-10-6-4-3-5-9(10)12(15)16/h2-6H,1,7-8H2,(H,13,14)(H,15,16). The van der Waals surface area contributed by atoms with Crippen molar-refractivity contribution < 1.29 is 14.7 Å². The first kappa shape index (κ1) is 13.3. The van der Waals surface area contributed by atoms with Gasteiger partial charge in [-0.3, -0.25) is 4.79 Å². The fourth-order valence-corrected chi connectivity index (χ4v) is 1.74. The number of para-hydroxylation sites is 1. The average Bonchev–Trinajstić information content (AvgIpc) is 2.29. The Bertz CT molecular complexity index is 432. The van der Waals surface area contributed by atoms with Crippen LogP contribution in [-0.4, -0.2) is 28.5 Å². The molecule has 17 heavy (non-hydrogen) atoms. The molecular formula is C12H13NO3S. The lowest BCUT2D eigenvalue weighted by Crippen LogP contribution is -2.16. The summed E-state index contributed by atoms with van der Waals surface area (Å²) < 4.78 is 0. The maximum Gasteiger partial charge on any atom is 0.337 e. The van der Waals surface area contributed by atoms with Crippen molar-refractivity contribution in [2.75, 3.05) is 16.8 Å². The summed E-state index contributed by atoms with van der Waals surface area (Å²) in [6.07, 6.45) is 1.71. The molecule has 90 valence electrons. The van der Waals surface area contributed by atoms with Crippen LogP contribution in [0.3, 0.4) is 0 Å². The molecule has 1 amide bonds. The lowest BCUT2D eigenvalue weighted by molar-refractivity contribution is -0.113. The van der Waals surface area contributed by atoms with Gasteiger partial charge in [-0.25, -0.2) is 4.79 Å². The van der Waals surface area contributed by atoms with Crippen LogP contribution in [0.15, 0.2) is 36.9 Å². The Morgan fingerprint density at radius 3 is 2.76 bits per heavy atom. The summed E-state index contributed by atoms with van der Waals surface area (Å²) >= 11 is 1.42. The molecule has 0 atom stereocenters. The van der Waals surface area contributed by atoms with Gasteiger partial charge in [0.15, 0.2) is 0 Å². The van der Waals surface area contributed by atoms with Gasteiger partial charge < -0.3 is 10.4 Å². The van der Waals surface area contributed by atoms with Gasteiger partial charge in [0, 0.05) is 5.75 Å². The van der Waals surface area contributed by atoms with Crippen molar-refractivity contribution in [3.8, 4) is 0 Å². The first-order valence-electron chi connectivity index (χ1n) is 4.96. The van der Waals surface area contributed by atoms with E-state index in [-0.39, 0.29) is 17.2 Å². The largest absolute Gasteiger partial charge is 0.478 e. The Balaban J connectivity index is 2.64. The van der Waals surface area contributed by atoms with Gasteiger partial charge in [-0.15, -0.1) is 18.3 Å². The maximum atomic E-state index is 11.5. The van der Waals surface area contributed by atoms with Gasteiger partial charge in [0.25, 0.3) is 0 Å². The summed E-state index contributed by atoms with van der Waals surface area (Å²) in [5.41, 5.74) is 0.416. The number of carboxylic acid groups (broad SMARTS) is 1. The number of thioether (sulfide) groups is 1. The summed E-state index contributed by atoms with van der Waals surface area (Å²) in [6.45, 7) is 3.55. The number of hydrogen-bond acceptors (Lipinski definition) is 3. The van der Waals surface area contributed by atoms with Crippen LogP contribution in [0, 0.1) is 0 Å². The number of rotatable bonds is 6. The van der Waals surface area contributed by atoms with Crippen LogP contribution in [0.4, 0.5) is 5.69 Å². The topological polar surface area (TPSA) is 66.4 Å². The van der Waals surface area contributed by atoms with E-state index in [0.717, 1.165) is 0 Å². The number of benzene rings is 1. The van der Waals surface area contributed by atoms with E-state index in [9.17, 15) is 9.59 Å². The van der Waals surface area contributed by atoms with Crippen molar-refractivity contribution in [3.05, 3.63) is 42.5 Å². The van der Waals surface area contributed by atoms with Crippen molar-refractivity contribution in [2.45, 2.75) is 0 Å². The fraction of sp³-hybridized carbons (Fsp3) is 0.167. The number of carbonyl (C=O) groups is 2. The van der Waals surface area contributed by atoms with E-state index < -0.39 is 5.97 Å². The Labute approximate surface area is 104 Å². The van der Waals surface area contributed by atoms with Gasteiger partial charge in [0.1, 0.15) is 0 Å². The zero-order chi connectivity index (χ0) is 12.7. The van der Waals surface area contributed by atoms with Gasteiger partial charge in [-0.05, 0) is 12.1 Å². The monoisotopic (exact) mass is 251 g/mol. The Kier molecular flexibility index (Phi) is 5.29. The zero-order valence-corrected chi connectivity index (χ0v) is 10.00. The number of carboxylic acids is 1. The molecule has 0 aliphatic carbocycles. The maximum absolute atomic E-state index is 11.5. The molecule has 1 aromatic carbocycles. The van der Waals surface area contributed by atoms with Crippen LogP contribution in [0.1, 0.15) is 10.4 Å². The Morgan fingerprint density at radius 2 is 2.12 bits per heavy atom. The molecule has 0 fully saturated rings. The van der Waals surface area contributed by atoms with E-state index in [1.807, 2.05) is 0 Å². The predicted molar refractivity (Wildman–Crippen MR) is 69.6 cm³/mol. The molecule has 2 N–H and O–H groups in total. The van der Waals surface area contributed by atoms with Crippen molar-refractivity contribution in [1.29, 1.82) is 0 Å². The van der Waals surface area contributed by atoms with Gasteiger partial charge in [-0.1, -0.05) is 18.2 Å². The molecule has 0 unspecified atom stereocenters. The molecule has 1 rings (SSSR count). The van der Waals surface area contributed by atoms with Crippen LogP contribution in [0.5, 0.6) is 0 Å². The second kappa shape index (κ2) is 6.75.